The van der Waals surface area contributed by atoms with Crippen molar-refractivity contribution in [3.05, 3.63) is 40.7 Å². The first-order valence-electron chi connectivity index (χ1n) is 11.5. The summed E-state index contributed by atoms with van der Waals surface area (Å²) >= 11 is 5.99. The maximum Gasteiger partial charge on any atom is 0.246 e. The lowest BCUT2D eigenvalue weighted by Gasteiger charge is -2.31. The first kappa shape index (κ1) is 24.7. The fraction of sp³-hybridized carbons (Fsp3) is 0.522. The number of nitrogens with zero attached hydrogens (tertiary/aromatic N) is 4. The number of halogens is 1. The van der Waals surface area contributed by atoms with Crippen molar-refractivity contribution in [2.24, 2.45) is 5.92 Å². The maximum absolute atomic E-state index is 13.6. The van der Waals surface area contributed by atoms with Crippen molar-refractivity contribution in [2.45, 2.75) is 51.0 Å². The van der Waals surface area contributed by atoms with Gasteiger partial charge in [0.1, 0.15) is 11.4 Å². The minimum Gasteiger partial charge on any atom is -0.341 e. The molecule has 2 aliphatic heterocycles. The van der Waals surface area contributed by atoms with E-state index < -0.39 is 15.9 Å². The van der Waals surface area contributed by atoms with Crippen LogP contribution in [0.2, 0.25) is 5.02 Å². The van der Waals surface area contributed by atoms with Crippen LogP contribution in [0.15, 0.2) is 29.2 Å². The summed E-state index contributed by atoms with van der Waals surface area (Å²) < 4.78 is 30.0. The Morgan fingerprint density at radius 2 is 1.88 bits per heavy atom. The van der Waals surface area contributed by atoms with Gasteiger partial charge in [-0.15, -0.1) is 0 Å². The fourth-order valence-corrected chi connectivity index (χ4v) is 6.80. The van der Waals surface area contributed by atoms with Crippen molar-refractivity contribution in [1.29, 1.82) is 0 Å². The Morgan fingerprint density at radius 1 is 1.15 bits per heavy atom. The zero-order valence-electron chi connectivity index (χ0n) is 19.5. The Morgan fingerprint density at radius 3 is 2.59 bits per heavy atom. The average Bonchev–Trinajstić information content (AvgIpc) is 3.42. The van der Waals surface area contributed by atoms with Crippen LogP contribution in [-0.2, 0) is 26.2 Å². The number of nitrogens with one attached hydrogen (secondary N) is 1. The van der Waals surface area contributed by atoms with E-state index in [9.17, 15) is 18.0 Å². The summed E-state index contributed by atoms with van der Waals surface area (Å²) in [5.74, 6) is -0.764. The largest absolute Gasteiger partial charge is 0.341 e. The zero-order valence-corrected chi connectivity index (χ0v) is 21.0. The molecular weight excluding hydrogens is 478 g/mol. The molecule has 1 aromatic carbocycles. The highest BCUT2D eigenvalue weighted by atomic mass is 35.5. The molecule has 2 saturated heterocycles. The highest BCUT2D eigenvalue weighted by Gasteiger charge is 2.36. The van der Waals surface area contributed by atoms with Crippen molar-refractivity contribution in [3.8, 4) is 0 Å². The second-order valence-electron chi connectivity index (χ2n) is 8.95. The number of likely N-dealkylation sites (tertiary alicyclic amines) is 1. The van der Waals surface area contributed by atoms with Crippen molar-refractivity contribution in [1.82, 2.24) is 19.0 Å². The molecule has 1 atom stereocenters. The lowest BCUT2D eigenvalue weighted by Crippen LogP contribution is -2.44. The van der Waals surface area contributed by atoms with E-state index in [0.29, 0.717) is 41.5 Å². The summed E-state index contributed by atoms with van der Waals surface area (Å²) in [4.78, 5) is 27.3. The Bertz CT molecular complexity index is 1190. The van der Waals surface area contributed by atoms with E-state index >= 15 is 0 Å². The molecule has 2 aliphatic rings. The molecule has 2 aromatic rings. The number of amides is 2. The SMILES string of the molecule is Cc1nn(CC(=O)N2CCCC2)c(C)c1S(=O)(=O)N1CCCC(C(=O)Nc2cccc(Cl)c2)C1. The van der Waals surface area contributed by atoms with Gasteiger partial charge >= 0.3 is 0 Å². The van der Waals surface area contributed by atoms with Gasteiger partial charge in [0, 0.05) is 36.9 Å². The summed E-state index contributed by atoms with van der Waals surface area (Å²) in [5, 5.41) is 7.72. The standard InChI is InChI=1S/C23H30ClN5O4S/c1-16-22(17(2)29(26-16)15-21(30)27-10-3-4-11-27)34(32,33)28-12-6-7-18(14-28)23(31)25-20-9-5-8-19(24)13-20/h5,8-9,13,18H,3-4,6-7,10-12,14-15H2,1-2H3,(H,25,31). The van der Waals surface area contributed by atoms with E-state index in [1.165, 1.54) is 8.99 Å². The molecule has 0 radical (unpaired) electrons. The van der Waals surface area contributed by atoms with Crippen LogP contribution in [0.4, 0.5) is 5.69 Å². The predicted octanol–water partition coefficient (Wildman–Crippen LogP) is 2.82. The van der Waals surface area contributed by atoms with E-state index in [2.05, 4.69) is 10.4 Å². The number of benzene rings is 1. The topological polar surface area (TPSA) is 105 Å². The summed E-state index contributed by atoms with van der Waals surface area (Å²) in [6.45, 7) is 5.23. The summed E-state index contributed by atoms with van der Waals surface area (Å²) in [5.41, 5.74) is 1.38. The van der Waals surface area contributed by atoms with E-state index in [4.69, 9.17) is 11.6 Å². The number of anilines is 1. The van der Waals surface area contributed by atoms with Crippen molar-refractivity contribution < 1.29 is 18.0 Å². The molecule has 2 amide bonds. The predicted molar refractivity (Wildman–Crippen MR) is 129 cm³/mol. The minimum absolute atomic E-state index is 0.0207. The van der Waals surface area contributed by atoms with E-state index in [1.807, 2.05) is 0 Å². The lowest BCUT2D eigenvalue weighted by molar-refractivity contribution is -0.131. The van der Waals surface area contributed by atoms with Crippen LogP contribution in [0, 0.1) is 19.8 Å². The molecule has 1 unspecified atom stereocenters. The fourth-order valence-electron chi connectivity index (χ4n) is 4.72. The molecule has 11 heteroatoms. The summed E-state index contributed by atoms with van der Waals surface area (Å²) in [7, 11) is -3.88. The van der Waals surface area contributed by atoms with E-state index in [-0.39, 0.29) is 29.8 Å². The number of hydrogen-bond donors (Lipinski definition) is 1. The Hall–Kier alpha value is -2.43. The molecule has 1 N–H and O–H groups in total. The van der Waals surface area contributed by atoms with Gasteiger partial charge < -0.3 is 10.2 Å². The molecule has 3 heterocycles. The van der Waals surface area contributed by atoms with Gasteiger partial charge in [0.25, 0.3) is 0 Å². The number of carbonyl (C=O) groups is 2. The lowest BCUT2D eigenvalue weighted by atomic mass is 9.99. The van der Waals surface area contributed by atoms with Gasteiger partial charge in [-0.2, -0.15) is 9.40 Å². The van der Waals surface area contributed by atoms with Gasteiger partial charge in [0.2, 0.25) is 21.8 Å². The van der Waals surface area contributed by atoms with Gasteiger partial charge in [-0.05, 0) is 57.7 Å². The molecule has 0 saturated carbocycles. The van der Waals surface area contributed by atoms with E-state index in [1.54, 1.807) is 43.0 Å². The minimum atomic E-state index is -3.88. The first-order chi connectivity index (χ1) is 16.2. The average molecular weight is 508 g/mol. The number of carbonyl (C=O) groups excluding carboxylic acids is 2. The van der Waals surface area contributed by atoms with Gasteiger partial charge in [-0.3, -0.25) is 14.3 Å². The monoisotopic (exact) mass is 507 g/mol. The molecule has 34 heavy (non-hydrogen) atoms. The van der Waals surface area contributed by atoms with Crippen LogP contribution in [0.25, 0.3) is 0 Å². The molecule has 2 fully saturated rings. The third-order valence-corrected chi connectivity index (χ3v) is 8.86. The Kier molecular flexibility index (Phi) is 7.30. The highest BCUT2D eigenvalue weighted by Crippen LogP contribution is 2.29. The zero-order chi connectivity index (χ0) is 24.5. The molecular formula is C23H30ClN5O4S. The van der Waals surface area contributed by atoms with Crippen LogP contribution in [0.5, 0.6) is 0 Å². The van der Waals surface area contributed by atoms with Crippen molar-refractivity contribution in [3.63, 3.8) is 0 Å². The molecule has 184 valence electrons. The van der Waals surface area contributed by atoms with Crippen LogP contribution >= 0.6 is 11.6 Å². The molecule has 0 aliphatic carbocycles. The first-order valence-corrected chi connectivity index (χ1v) is 13.4. The van der Waals surface area contributed by atoms with Gasteiger partial charge in [-0.1, -0.05) is 17.7 Å². The quantitative estimate of drug-likeness (QED) is 0.647. The second-order valence-corrected chi connectivity index (χ2v) is 11.3. The number of sulfonamides is 1. The molecule has 1 aromatic heterocycles. The van der Waals surface area contributed by atoms with E-state index in [0.717, 1.165) is 25.9 Å². The third-order valence-electron chi connectivity index (χ3n) is 6.50. The number of hydrogen-bond acceptors (Lipinski definition) is 5. The molecule has 4 rings (SSSR count). The number of aryl methyl sites for hydroxylation is 1. The smallest absolute Gasteiger partial charge is 0.246 e. The summed E-state index contributed by atoms with van der Waals surface area (Å²) in [6.07, 6.45) is 3.15. The van der Waals surface area contributed by atoms with Crippen LogP contribution < -0.4 is 5.32 Å². The maximum atomic E-state index is 13.6. The van der Waals surface area contributed by atoms with Crippen molar-refractivity contribution >= 4 is 39.1 Å². The van der Waals surface area contributed by atoms with Gasteiger partial charge in [0.15, 0.2) is 0 Å². The molecule has 0 bridgehead atoms. The van der Waals surface area contributed by atoms with Crippen LogP contribution in [0.3, 0.4) is 0 Å². The Balaban J connectivity index is 1.49. The molecule has 9 nitrogen and oxygen atoms in total. The highest BCUT2D eigenvalue weighted by molar-refractivity contribution is 7.89. The molecule has 0 spiro atoms. The van der Waals surface area contributed by atoms with Crippen LogP contribution in [-0.4, -0.2) is 65.4 Å². The van der Waals surface area contributed by atoms with Crippen molar-refractivity contribution in [2.75, 3.05) is 31.5 Å². The number of aromatic nitrogens is 2. The third kappa shape index (κ3) is 5.13. The second kappa shape index (κ2) is 10.1. The Labute approximate surface area is 205 Å². The summed E-state index contributed by atoms with van der Waals surface area (Å²) in [6, 6.07) is 6.86. The van der Waals surface area contributed by atoms with Gasteiger partial charge in [0.05, 0.1) is 17.3 Å². The number of piperidine rings is 1. The number of rotatable bonds is 6. The van der Waals surface area contributed by atoms with Gasteiger partial charge in [-0.25, -0.2) is 8.42 Å². The van der Waals surface area contributed by atoms with Crippen LogP contribution in [0.1, 0.15) is 37.1 Å². The normalized spacial score (nSPS) is 19.4.